The Hall–Kier alpha value is -3.75. The maximum atomic E-state index is 14.1. The van der Waals surface area contributed by atoms with Gasteiger partial charge >= 0.3 is 5.97 Å². The first kappa shape index (κ1) is 28.3. The van der Waals surface area contributed by atoms with Gasteiger partial charge in [0.2, 0.25) is 0 Å². The first-order valence-corrected chi connectivity index (χ1v) is 12.9. The van der Waals surface area contributed by atoms with E-state index in [0.29, 0.717) is 33.5 Å². The van der Waals surface area contributed by atoms with E-state index < -0.39 is 18.2 Å². The molecule has 0 N–H and O–H groups in total. The van der Waals surface area contributed by atoms with E-state index in [1.807, 2.05) is 31.2 Å². The summed E-state index contributed by atoms with van der Waals surface area (Å²) in [6.45, 7) is 4.00. The zero-order valence-corrected chi connectivity index (χ0v) is 23.4. The van der Waals surface area contributed by atoms with Gasteiger partial charge in [0, 0.05) is 22.2 Å². The highest BCUT2D eigenvalue weighted by atomic mass is 35.5. The molecule has 4 rings (SSSR count). The molecule has 0 saturated carbocycles. The molecular formula is C30H32ClNO7. The SMILES string of the molecule is CCOC(=O)C[C@@H]1O[C@@H](c2cccc(OC)c2C)c2cc(Cl)ccc2N(Cc2ccc(OC)cc2OC)C1=O. The summed E-state index contributed by atoms with van der Waals surface area (Å²) in [5.74, 6) is 0.958. The number of ether oxygens (including phenoxy) is 5. The van der Waals surface area contributed by atoms with Gasteiger partial charge in [-0.2, -0.15) is 0 Å². The van der Waals surface area contributed by atoms with Crippen molar-refractivity contribution in [2.45, 2.75) is 39.0 Å². The molecule has 0 saturated heterocycles. The first-order chi connectivity index (χ1) is 18.8. The van der Waals surface area contributed by atoms with E-state index in [4.69, 9.17) is 35.3 Å². The molecule has 0 fully saturated rings. The molecule has 39 heavy (non-hydrogen) atoms. The minimum absolute atomic E-state index is 0.160. The highest BCUT2D eigenvalue weighted by molar-refractivity contribution is 6.30. The average Bonchev–Trinajstić information content (AvgIpc) is 3.04. The molecule has 0 bridgehead atoms. The zero-order valence-electron chi connectivity index (χ0n) is 22.7. The molecule has 3 aromatic rings. The molecule has 2 atom stereocenters. The van der Waals surface area contributed by atoms with E-state index in [0.717, 1.165) is 16.7 Å². The number of amides is 1. The van der Waals surface area contributed by atoms with Crippen molar-refractivity contribution in [3.63, 3.8) is 0 Å². The number of hydrogen-bond acceptors (Lipinski definition) is 7. The number of esters is 1. The predicted octanol–water partition coefficient (Wildman–Crippen LogP) is 5.65. The monoisotopic (exact) mass is 553 g/mol. The third kappa shape index (κ3) is 5.97. The normalized spacial score (nSPS) is 16.8. The highest BCUT2D eigenvalue weighted by Crippen LogP contribution is 2.43. The van der Waals surface area contributed by atoms with Gasteiger partial charge in [-0.05, 0) is 61.4 Å². The second kappa shape index (κ2) is 12.4. The van der Waals surface area contributed by atoms with Gasteiger partial charge in [-0.3, -0.25) is 9.59 Å². The Balaban J connectivity index is 1.88. The molecule has 206 valence electrons. The van der Waals surface area contributed by atoms with Crippen LogP contribution in [0.2, 0.25) is 5.02 Å². The molecular weight excluding hydrogens is 522 g/mol. The van der Waals surface area contributed by atoms with Gasteiger partial charge in [-0.1, -0.05) is 23.7 Å². The number of halogens is 1. The van der Waals surface area contributed by atoms with Crippen molar-refractivity contribution in [1.82, 2.24) is 0 Å². The summed E-state index contributed by atoms with van der Waals surface area (Å²) in [5.41, 5.74) is 3.69. The first-order valence-electron chi connectivity index (χ1n) is 12.6. The van der Waals surface area contributed by atoms with Crippen LogP contribution in [0.4, 0.5) is 5.69 Å². The molecule has 1 amide bonds. The van der Waals surface area contributed by atoms with E-state index in [1.165, 1.54) is 0 Å². The van der Waals surface area contributed by atoms with Crippen molar-refractivity contribution in [3.8, 4) is 17.2 Å². The molecule has 9 heteroatoms. The summed E-state index contributed by atoms with van der Waals surface area (Å²) < 4.78 is 28.2. The third-order valence-electron chi connectivity index (χ3n) is 6.71. The van der Waals surface area contributed by atoms with Gasteiger partial charge in [0.15, 0.2) is 0 Å². The van der Waals surface area contributed by atoms with Crippen molar-refractivity contribution in [1.29, 1.82) is 0 Å². The number of rotatable bonds is 9. The van der Waals surface area contributed by atoms with Crippen LogP contribution in [0.3, 0.4) is 0 Å². The number of carbonyl (C=O) groups is 2. The standard InChI is InChI=1S/C30H32ClNO7/c1-6-38-28(33)16-27-30(34)32(17-19-10-12-21(35-3)15-26(19)37-5)24-13-11-20(31)14-23(24)29(39-27)22-8-7-9-25(36-4)18(22)2/h7-15,27,29H,6,16-17H2,1-5H3/t27-,29-/m0/s1. The quantitative estimate of drug-likeness (QED) is 0.317. The lowest BCUT2D eigenvalue weighted by Gasteiger charge is -2.26. The summed E-state index contributed by atoms with van der Waals surface area (Å²) in [7, 11) is 4.73. The van der Waals surface area contributed by atoms with Gasteiger partial charge in [-0.15, -0.1) is 0 Å². The summed E-state index contributed by atoms with van der Waals surface area (Å²) in [6, 6.07) is 16.4. The average molecular weight is 554 g/mol. The molecule has 0 unspecified atom stereocenters. The Morgan fingerprint density at radius 1 is 0.974 bits per heavy atom. The Bertz CT molecular complexity index is 1360. The lowest BCUT2D eigenvalue weighted by molar-refractivity contribution is -0.151. The van der Waals surface area contributed by atoms with Gasteiger partial charge in [0.05, 0.1) is 46.6 Å². The minimum atomic E-state index is -1.12. The highest BCUT2D eigenvalue weighted by Gasteiger charge is 2.39. The van der Waals surface area contributed by atoms with Gasteiger partial charge in [0.1, 0.15) is 29.5 Å². The van der Waals surface area contributed by atoms with Crippen molar-refractivity contribution in [2.24, 2.45) is 0 Å². The molecule has 3 aromatic carbocycles. The smallest absolute Gasteiger partial charge is 0.308 e. The number of hydrogen-bond donors (Lipinski definition) is 0. The van der Waals surface area contributed by atoms with E-state index in [2.05, 4.69) is 0 Å². The fourth-order valence-corrected chi connectivity index (χ4v) is 4.95. The molecule has 1 aliphatic heterocycles. The summed E-state index contributed by atoms with van der Waals surface area (Å²) >= 11 is 6.48. The molecule has 0 aliphatic carbocycles. The van der Waals surface area contributed by atoms with Gasteiger partial charge < -0.3 is 28.6 Å². The minimum Gasteiger partial charge on any atom is -0.497 e. The number of carbonyl (C=O) groups excluding carboxylic acids is 2. The van der Waals surface area contributed by atoms with Crippen LogP contribution < -0.4 is 19.1 Å². The largest absolute Gasteiger partial charge is 0.497 e. The second-order valence-electron chi connectivity index (χ2n) is 8.99. The van der Waals surface area contributed by atoms with E-state index in [1.54, 1.807) is 63.5 Å². The summed E-state index contributed by atoms with van der Waals surface area (Å²) in [6.07, 6.45) is -2.07. The van der Waals surface area contributed by atoms with Crippen LogP contribution in [0.25, 0.3) is 0 Å². The third-order valence-corrected chi connectivity index (χ3v) is 6.95. The van der Waals surface area contributed by atoms with Crippen LogP contribution in [0.5, 0.6) is 17.2 Å². The van der Waals surface area contributed by atoms with Crippen molar-refractivity contribution in [3.05, 3.63) is 81.9 Å². The van der Waals surface area contributed by atoms with Gasteiger partial charge in [0.25, 0.3) is 5.91 Å². The van der Waals surface area contributed by atoms with Crippen molar-refractivity contribution < 1.29 is 33.3 Å². The molecule has 0 spiro atoms. The number of benzene rings is 3. The predicted molar refractivity (Wildman–Crippen MR) is 148 cm³/mol. The Kier molecular flexibility index (Phi) is 8.99. The van der Waals surface area contributed by atoms with E-state index in [9.17, 15) is 9.59 Å². The topological polar surface area (TPSA) is 83.5 Å². The molecule has 0 radical (unpaired) electrons. The lowest BCUT2D eigenvalue weighted by Crippen LogP contribution is -2.40. The Labute approximate surface area is 233 Å². The van der Waals surface area contributed by atoms with Crippen LogP contribution in [0.15, 0.2) is 54.6 Å². The van der Waals surface area contributed by atoms with Crippen LogP contribution in [0.1, 0.15) is 41.7 Å². The van der Waals surface area contributed by atoms with Crippen molar-refractivity contribution >= 4 is 29.2 Å². The maximum absolute atomic E-state index is 14.1. The second-order valence-corrected chi connectivity index (χ2v) is 9.43. The summed E-state index contributed by atoms with van der Waals surface area (Å²) in [4.78, 5) is 28.3. The Morgan fingerprint density at radius 3 is 2.44 bits per heavy atom. The fourth-order valence-electron chi connectivity index (χ4n) is 4.77. The van der Waals surface area contributed by atoms with Crippen LogP contribution in [-0.4, -0.2) is 45.9 Å². The fraction of sp³-hybridized carbons (Fsp3) is 0.333. The van der Waals surface area contributed by atoms with Crippen LogP contribution in [0, 0.1) is 6.92 Å². The molecule has 1 aliphatic rings. The molecule has 1 heterocycles. The molecule has 0 aromatic heterocycles. The zero-order chi connectivity index (χ0) is 28.1. The van der Waals surface area contributed by atoms with E-state index >= 15 is 0 Å². The maximum Gasteiger partial charge on any atom is 0.308 e. The Morgan fingerprint density at radius 2 is 1.74 bits per heavy atom. The van der Waals surface area contributed by atoms with Crippen molar-refractivity contribution in [2.75, 3.05) is 32.8 Å². The van der Waals surface area contributed by atoms with E-state index in [-0.39, 0.29) is 25.5 Å². The van der Waals surface area contributed by atoms with Crippen LogP contribution in [-0.2, 0) is 25.6 Å². The number of anilines is 1. The number of methoxy groups -OCH3 is 3. The lowest BCUT2D eigenvalue weighted by atomic mass is 9.95. The van der Waals surface area contributed by atoms with Crippen LogP contribution >= 0.6 is 11.6 Å². The summed E-state index contributed by atoms with van der Waals surface area (Å²) in [5, 5.41) is 0.487. The number of fused-ring (bicyclic) bond motifs is 1. The molecule has 8 nitrogen and oxygen atoms in total. The van der Waals surface area contributed by atoms with Gasteiger partial charge in [-0.25, -0.2) is 0 Å². The number of nitrogens with zero attached hydrogens (tertiary/aromatic N) is 1.